The van der Waals surface area contributed by atoms with Crippen LogP contribution >= 0.6 is 11.3 Å². The number of rotatable bonds is 4. The quantitative estimate of drug-likeness (QED) is 0.575. The maximum Gasteiger partial charge on any atom is 0.294 e. The van der Waals surface area contributed by atoms with E-state index in [2.05, 4.69) is 25.3 Å². The van der Waals surface area contributed by atoms with Crippen molar-refractivity contribution < 1.29 is 9.21 Å². The molecule has 0 saturated heterocycles. The van der Waals surface area contributed by atoms with E-state index in [1.165, 1.54) is 17.5 Å². The van der Waals surface area contributed by atoms with E-state index in [-0.39, 0.29) is 5.76 Å². The number of aromatic nitrogens is 4. The fourth-order valence-electron chi connectivity index (χ4n) is 2.46. The van der Waals surface area contributed by atoms with Gasteiger partial charge in [0.15, 0.2) is 5.13 Å². The van der Waals surface area contributed by atoms with E-state index in [4.69, 9.17) is 4.42 Å². The van der Waals surface area contributed by atoms with Crippen LogP contribution in [0.25, 0.3) is 22.8 Å². The Morgan fingerprint density at radius 3 is 2.78 bits per heavy atom. The number of nitrogens with zero attached hydrogens (tertiary/aromatic N) is 4. The Morgan fingerprint density at radius 2 is 2.00 bits per heavy atom. The SMILES string of the molecule is Cc1ccc(-c2ncc(C(=O)Nc3nc(-c4ncccc4C)cs3)o2)cn1. The van der Waals surface area contributed by atoms with E-state index in [0.717, 1.165) is 22.6 Å². The van der Waals surface area contributed by atoms with Crippen molar-refractivity contribution in [3.63, 3.8) is 0 Å². The van der Waals surface area contributed by atoms with Crippen LogP contribution in [-0.2, 0) is 0 Å². The first-order valence-corrected chi connectivity index (χ1v) is 9.06. The Labute approximate surface area is 159 Å². The zero-order valence-corrected chi connectivity index (χ0v) is 15.4. The highest BCUT2D eigenvalue weighted by atomic mass is 32.1. The standard InChI is InChI=1S/C19H15N5O2S/c1-11-4-3-7-20-16(11)14-10-27-19(23-14)24-17(25)15-9-22-18(26-15)13-6-5-12(2)21-8-13/h3-10H,1-2H3,(H,23,24,25). The van der Waals surface area contributed by atoms with E-state index >= 15 is 0 Å². The average Bonchev–Trinajstić information content (AvgIpc) is 3.33. The van der Waals surface area contributed by atoms with Crippen LogP contribution in [0.4, 0.5) is 5.13 Å². The van der Waals surface area contributed by atoms with Gasteiger partial charge in [0, 0.05) is 23.5 Å². The van der Waals surface area contributed by atoms with Gasteiger partial charge in [0.2, 0.25) is 11.7 Å². The Hall–Kier alpha value is -3.39. The molecular formula is C19H15N5O2S. The number of anilines is 1. The molecule has 27 heavy (non-hydrogen) atoms. The van der Waals surface area contributed by atoms with Crippen LogP contribution in [0.15, 0.2) is 52.7 Å². The summed E-state index contributed by atoms with van der Waals surface area (Å²) in [5.41, 5.74) is 4.14. The van der Waals surface area contributed by atoms with Crippen molar-refractivity contribution >= 4 is 22.4 Å². The van der Waals surface area contributed by atoms with Crippen molar-refractivity contribution in [2.45, 2.75) is 13.8 Å². The molecule has 8 heteroatoms. The van der Waals surface area contributed by atoms with Crippen LogP contribution in [0, 0.1) is 13.8 Å². The number of hydrogen-bond acceptors (Lipinski definition) is 7. The minimum Gasteiger partial charge on any atom is -0.431 e. The zero-order chi connectivity index (χ0) is 18.8. The second kappa shape index (κ2) is 7.08. The molecule has 0 bridgehead atoms. The number of amides is 1. The van der Waals surface area contributed by atoms with E-state index in [9.17, 15) is 4.79 Å². The molecule has 4 heterocycles. The average molecular weight is 377 g/mol. The molecule has 0 radical (unpaired) electrons. The van der Waals surface area contributed by atoms with E-state index in [1.807, 2.05) is 43.5 Å². The third-order valence-corrected chi connectivity index (χ3v) is 4.62. The van der Waals surface area contributed by atoms with Gasteiger partial charge in [-0.3, -0.25) is 20.1 Å². The highest BCUT2D eigenvalue weighted by molar-refractivity contribution is 7.14. The van der Waals surface area contributed by atoms with Crippen LogP contribution in [0.3, 0.4) is 0 Å². The van der Waals surface area contributed by atoms with Gasteiger partial charge in [-0.25, -0.2) is 9.97 Å². The normalized spacial score (nSPS) is 10.7. The second-order valence-electron chi connectivity index (χ2n) is 5.88. The van der Waals surface area contributed by atoms with Gasteiger partial charge in [-0.2, -0.15) is 0 Å². The smallest absolute Gasteiger partial charge is 0.294 e. The summed E-state index contributed by atoms with van der Waals surface area (Å²) in [4.78, 5) is 29.5. The van der Waals surface area contributed by atoms with Crippen molar-refractivity contribution in [1.29, 1.82) is 0 Å². The number of nitrogens with one attached hydrogen (secondary N) is 1. The Kier molecular flexibility index (Phi) is 4.47. The molecule has 0 atom stereocenters. The van der Waals surface area contributed by atoms with Gasteiger partial charge >= 0.3 is 0 Å². The molecule has 134 valence electrons. The number of oxazole rings is 1. The molecule has 0 aliphatic rings. The van der Waals surface area contributed by atoms with Crippen LogP contribution in [0.5, 0.6) is 0 Å². The van der Waals surface area contributed by atoms with Crippen molar-refractivity contribution in [2.24, 2.45) is 0 Å². The van der Waals surface area contributed by atoms with E-state index in [0.29, 0.717) is 16.6 Å². The molecule has 4 aromatic heterocycles. The van der Waals surface area contributed by atoms with Gasteiger partial charge in [0.1, 0.15) is 5.69 Å². The van der Waals surface area contributed by atoms with Crippen molar-refractivity contribution in [2.75, 3.05) is 5.32 Å². The predicted octanol–water partition coefficient (Wildman–Crippen LogP) is 4.12. The van der Waals surface area contributed by atoms with E-state index in [1.54, 1.807) is 12.4 Å². The lowest BCUT2D eigenvalue weighted by molar-refractivity contribution is 0.0997. The Balaban J connectivity index is 1.50. The summed E-state index contributed by atoms with van der Waals surface area (Å²) in [5, 5.41) is 5.06. The molecule has 0 aliphatic heterocycles. The molecular weight excluding hydrogens is 362 g/mol. The topological polar surface area (TPSA) is 93.8 Å². The van der Waals surface area contributed by atoms with Gasteiger partial charge in [-0.1, -0.05) is 6.07 Å². The highest BCUT2D eigenvalue weighted by Gasteiger charge is 2.16. The molecule has 7 nitrogen and oxygen atoms in total. The third kappa shape index (κ3) is 3.61. The number of carbonyl (C=O) groups excluding carboxylic acids is 1. The lowest BCUT2D eigenvalue weighted by Gasteiger charge is -2.00. The van der Waals surface area contributed by atoms with Gasteiger partial charge in [-0.05, 0) is 37.6 Å². The minimum absolute atomic E-state index is 0.108. The molecule has 0 unspecified atom stereocenters. The van der Waals surface area contributed by atoms with Crippen molar-refractivity contribution in [1.82, 2.24) is 19.9 Å². The monoisotopic (exact) mass is 377 g/mol. The summed E-state index contributed by atoms with van der Waals surface area (Å²) in [6, 6.07) is 7.54. The minimum atomic E-state index is -0.410. The fraction of sp³-hybridized carbons (Fsp3) is 0.105. The summed E-state index contributed by atoms with van der Waals surface area (Å²) in [6.07, 6.45) is 4.77. The zero-order valence-electron chi connectivity index (χ0n) is 14.6. The Bertz CT molecular complexity index is 1100. The number of thiazole rings is 1. The molecule has 1 N–H and O–H groups in total. The number of carbonyl (C=O) groups is 1. The Morgan fingerprint density at radius 1 is 1.11 bits per heavy atom. The molecule has 0 aromatic carbocycles. The van der Waals surface area contributed by atoms with Crippen LogP contribution < -0.4 is 5.32 Å². The number of hydrogen-bond donors (Lipinski definition) is 1. The van der Waals surface area contributed by atoms with Gasteiger partial charge in [0.05, 0.1) is 17.5 Å². The summed E-state index contributed by atoms with van der Waals surface area (Å²) in [7, 11) is 0. The first kappa shape index (κ1) is 17.0. The summed E-state index contributed by atoms with van der Waals surface area (Å²) in [6.45, 7) is 3.86. The molecule has 4 aromatic rings. The number of aryl methyl sites for hydroxylation is 2. The lowest BCUT2D eigenvalue weighted by atomic mass is 10.2. The largest absolute Gasteiger partial charge is 0.431 e. The van der Waals surface area contributed by atoms with Gasteiger partial charge < -0.3 is 4.42 Å². The van der Waals surface area contributed by atoms with E-state index < -0.39 is 5.91 Å². The first-order valence-electron chi connectivity index (χ1n) is 8.18. The van der Waals surface area contributed by atoms with Gasteiger partial charge in [0.25, 0.3) is 5.91 Å². The maximum absolute atomic E-state index is 12.4. The van der Waals surface area contributed by atoms with Crippen LogP contribution in [-0.4, -0.2) is 25.8 Å². The third-order valence-electron chi connectivity index (χ3n) is 3.86. The summed E-state index contributed by atoms with van der Waals surface area (Å²) < 4.78 is 5.56. The molecule has 1 amide bonds. The van der Waals surface area contributed by atoms with Crippen molar-refractivity contribution in [3.05, 3.63) is 65.3 Å². The molecule has 4 rings (SSSR count). The molecule has 0 aliphatic carbocycles. The summed E-state index contributed by atoms with van der Waals surface area (Å²) in [5.74, 6) is 0.0420. The summed E-state index contributed by atoms with van der Waals surface area (Å²) >= 11 is 1.33. The van der Waals surface area contributed by atoms with Crippen molar-refractivity contribution in [3.8, 4) is 22.8 Å². The molecule has 0 spiro atoms. The number of pyridine rings is 2. The maximum atomic E-state index is 12.4. The van der Waals surface area contributed by atoms with Crippen LogP contribution in [0.1, 0.15) is 21.8 Å². The predicted molar refractivity (Wildman–Crippen MR) is 103 cm³/mol. The van der Waals surface area contributed by atoms with Gasteiger partial charge in [-0.15, -0.1) is 11.3 Å². The second-order valence-corrected chi connectivity index (χ2v) is 6.74. The van der Waals surface area contributed by atoms with Crippen LogP contribution in [0.2, 0.25) is 0 Å². The fourth-order valence-corrected chi connectivity index (χ4v) is 3.15. The highest BCUT2D eigenvalue weighted by Crippen LogP contribution is 2.26. The molecule has 0 fully saturated rings. The lowest BCUT2D eigenvalue weighted by Crippen LogP contribution is -2.10. The first-order chi connectivity index (χ1) is 13.1. The molecule has 0 saturated carbocycles.